The van der Waals surface area contributed by atoms with Gasteiger partial charge in [0.05, 0.1) is 17.9 Å². The minimum absolute atomic E-state index is 0.166. The van der Waals surface area contributed by atoms with Gasteiger partial charge in [-0.15, -0.1) is 0 Å². The van der Waals surface area contributed by atoms with E-state index in [-0.39, 0.29) is 12.2 Å². The van der Waals surface area contributed by atoms with Crippen molar-refractivity contribution >= 4 is 11.6 Å². The van der Waals surface area contributed by atoms with E-state index < -0.39 is 0 Å². The second kappa shape index (κ2) is 11.6. The molecule has 1 amide bonds. The largest absolute Gasteiger partial charge is 0.474 e. The zero-order chi connectivity index (χ0) is 22.9. The molecule has 8 nitrogen and oxygen atoms in total. The summed E-state index contributed by atoms with van der Waals surface area (Å²) in [5.74, 6) is 0.0988. The fourth-order valence-corrected chi connectivity index (χ4v) is 3.85. The third-order valence-electron chi connectivity index (χ3n) is 5.41. The minimum atomic E-state index is -0.251. The van der Waals surface area contributed by atoms with E-state index >= 15 is 0 Å². The van der Waals surface area contributed by atoms with Crippen LogP contribution in [0.1, 0.15) is 48.7 Å². The number of carbonyl (C=O) groups is 1. The van der Waals surface area contributed by atoms with Gasteiger partial charge in [0.2, 0.25) is 5.88 Å². The number of rotatable bonds is 10. The Hall–Kier alpha value is -3.23. The first kappa shape index (κ1) is 22.9. The molecule has 1 aliphatic rings. The van der Waals surface area contributed by atoms with Crippen LogP contribution in [0.2, 0.25) is 0 Å². The maximum Gasteiger partial charge on any atom is 0.258 e. The number of nitrogens with one attached hydrogen (secondary N) is 2. The van der Waals surface area contributed by atoms with Gasteiger partial charge in [-0.2, -0.15) is 0 Å². The second-order valence-corrected chi connectivity index (χ2v) is 7.85. The van der Waals surface area contributed by atoms with Crippen LogP contribution in [-0.2, 0) is 15.9 Å². The summed E-state index contributed by atoms with van der Waals surface area (Å²) >= 11 is 0. The highest BCUT2D eigenvalue weighted by Crippen LogP contribution is 2.29. The van der Waals surface area contributed by atoms with E-state index in [0.717, 1.165) is 55.7 Å². The summed E-state index contributed by atoms with van der Waals surface area (Å²) < 4.78 is 17.1. The molecule has 3 aromatic heterocycles. The number of aromatic amines is 1. The van der Waals surface area contributed by atoms with Crippen molar-refractivity contribution in [2.45, 2.75) is 45.3 Å². The third-order valence-corrected chi connectivity index (χ3v) is 5.41. The fourth-order valence-electron chi connectivity index (χ4n) is 3.85. The molecule has 0 radical (unpaired) electrons. The number of anilines is 1. The van der Waals surface area contributed by atoms with E-state index in [9.17, 15) is 4.79 Å². The predicted molar refractivity (Wildman–Crippen MR) is 125 cm³/mol. The molecule has 0 bridgehead atoms. The molecule has 0 aromatic carbocycles. The topological polar surface area (TPSA) is 98.4 Å². The lowest BCUT2D eigenvalue weighted by molar-refractivity contribution is -0.165. The van der Waals surface area contributed by atoms with Gasteiger partial charge in [-0.1, -0.05) is 19.4 Å². The molecule has 1 saturated heterocycles. The van der Waals surface area contributed by atoms with Gasteiger partial charge >= 0.3 is 0 Å². The first-order valence-electron chi connectivity index (χ1n) is 11.5. The summed E-state index contributed by atoms with van der Waals surface area (Å²) in [7, 11) is 0. The summed E-state index contributed by atoms with van der Waals surface area (Å²) in [5, 5.41) is 2.94. The van der Waals surface area contributed by atoms with Crippen LogP contribution < -0.4 is 10.1 Å². The number of nitrogens with zero attached hydrogens (tertiary/aromatic N) is 2. The summed E-state index contributed by atoms with van der Waals surface area (Å²) in [6.07, 6.45) is 9.80. The fraction of sp³-hybridized carbons (Fsp3) is 0.400. The molecule has 1 unspecified atom stereocenters. The molecule has 2 N–H and O–H groups in total. The number of pyridine rings is 2. The first-order valence-corrected chi connectivity index (χ1v) is 11.5. The van der Waals surface area contributed by atoms with Crippen LogP contribution in [0.15, 0.2) is 48.9 Å². The van der Waals surface area contributed by atoms with Crippen molar-refractivity contribution < 1.29 is 19.0 Å². The number of carbonyl (C=O) groups excluding carboxylic acids is 1. The van der Waals surface area contributed by atoms with Gasteiger partial charge in [0, 0.05) is 36.5 Å². The summed E-state index contributed by atoms with van der Waals surface area (Å²) in [6, 6.07) is 9.21. The lowest BCUT2D eigenvalue weighted by Gasteiger charge is -2.22. The van der Waals surface area contributed by atoms with Crippen LogP contribution in [0.25, 0.3) is 11.3 Å². The zero-order valence-corrected chi connectivity index (χ0v) is 18.9. The Labute approximate surface area is 193 Å². The molecular formula is C25H30N4O4. The van der Waals surface area contributed by atoms with Crippen molar-refractivity contribution in [2.75, 3.05) is 25.1 Å². The first-order chi connectivity index (χ1) is 16.3. The summed E-state index contributed by atoms with van der Waals surface area (Å²) in [4.78, 5) is 25.2. The van der Waals surface area contributed by atoms with Crippen molar-refractivity contribution in [3.63, 3.8) is 0 Å². The number of hydrogen-bond donors (Lipinski definition) is 2. The number of amides is 1. The van der Waals surface area contributed by atoms with E-state index in [0.29, 0.717) is 30.3 Å². The molecule has 33 heavy (non-hydrogen) atoms. The summed E-state index contributed by atoms with van der Waals surface area (Å²) in [5.41, 5.74) is 3.61. The Morgan fingerprint density at radius 3 is 2.88 bits per heavy atom. The molecule has 1 fully saturated rings. The molecule has 0 aliphatic carbocycles. The van der Waals surface area contributed by atoms with E-state index in [1.54, 1.807) is 30.7 Å². The normalized spacial score (nSPS) is 15.8. The Morgan fingerprint density at radius 2 is 2.09 bits per heavy atom. The number of ether oxygens (including phenoxy) is 3. The SMILES string of the molecule is CCCc1[nH]cc(C(=O)Nc2cccnc2OCCOC2CCCCO2)c1-c1ccccn1. The van der Waals surface area contributed by atoms with Gasteiger partial charge in [0.25, 0.3) is 5.91 Å². The average molecular weight is 451 g/mol. The maximum absolute atomic E-state index is 13.2. The Kier molecular flexibility index (Phi) is 8.05. The number of aromatic nitrogens is 3. The van der Waals surface area contributed by atoms with Crippen LogP contribution >= 0.6 is 0 Å². The molecule has 8 heteroatoms. The van der Waals surface area contributed by atoms with Crippen LogP contribution in [0, 0.1) is 0 Å². The molecule has 3 aromatic rings. The zero-order valence-electron chi connectivity index (χ0n) is 18.9. The standard InChI is InChI=1S/C25H30N4O4/c1-2-8-19-23(20-9-3-5-12-26-20)18(17-28-19)24(30)29-21-10-7-13-27-25(21)33-16-15-32-22-11-4-6-14-31-22/h3,5,7,9-10,12-13,17,22,28H,2,4,6,8,11,14-16H2,1H3,(H,29,30). The second-order valence-electron chi connectivity index (χ2n) is 7.85. The van der Waals surface area contributed by atoms with Crippen LogP contribution in [0.3, 0.4) is 0 Å². The number of H-pyrrole nitrogens is 1. The molecule has 174 valence electrons. The number of aryl methyl sites for hydroxylation is 1. The van der Waals surface area contributed by atoms with Crippen molar-refractivity contribution in [3.05, 3.63) is 60.2 Å². The quantitative estimate of drug-likeness (QED) is 0.438. The monoisotopic (exact) mass is 450 g/mol. The molecule has 1 aliphatic heterocycles. The van der Waals surface area contributed by atoms with Gasteiger partial charge in [-0.25, -0.2) is 4.98 Å². The Balaban J connectivity index is 1.44. The van der Waals surface area contributed by atoms with Crippen molar-refractivity contribution in [2.24, 2.45) is 0 Å². The minimum Gasteiger partial charge on any atom is -0.474 e. The maximum atomic E-state index is 13.2. The van der Waals surface area contributed by atoms with Gasteiger partial charge in [0.1, 0.15) is 12.3 Å². The lowest BCUT2D eigenvalue weighted by atomic mass is 10.0. The highest BCUT2D eigenvalue weighted by molar-refractivity contribution is 6.09. The van der Waals surface area contributed by atoms with Crippen LogP contribution in [0.4, 0.5) is 5.69 Å². The molecular weight excluding hydrogens is 420 g/mol. The van der Waals surface area contributed by atoms with Crippen molar-refractivity contribution in [1.82, 2.24) is 15.0 Å². The van der Waals surface area contributed by atoms with Crippen molar-refractivity contribution in [3.8, 4) is 17.1 Å². The molecule has 0 saturated carbocycles. The van der Waals surface area contributed by atoms with E-state index in [4.69, 9.17) is 14.2 Å². The van der Waals surface area contributed by atoms with Crippen LogP contribution in [-0.4, -0.2) is 47.0 Å². The van der Waals surface area contributed by atoms with E-state index in [2.05, 4.69) is 27.2 Å². The molecule has 4 rings (SSSR count). The molecule has 1 atom stereocenters. The van der Waals surface area contributed by atoms with E-state index in [1.165, 1.54) is 0 Å². The number of hydrogen-bond acceptors (Lipinski definition) is 6. The third kappa shape index (κ3) is 5.97. The van der Waals surface area contributed by atoms with Crippen LogP contribution in [0.5, 0.6) is 5.88 Å². The molecule has 4 heterocycles. The smallest absolute Gasteiger partial charge is 0.258 e. The highest BCUT2D eigenvalue weighted by Gasteiger charge is 2.21. The van der Waals surface area contributed by atoms with Crippen molar-refractivity contribution in [1.29, 1.82) is 0 Å². The summed E-state index contributed by atoms with van der Waals surface area (Å²) in [6.45, 7) is 3.54. The van der Waals surface area contributed by atoms with Gasteiger partial charge in [-0.05, 0) is 49.9 Å². The Morgan fingerprint density at radius 1 is 1.18 bits per heavy atom. The molecule has 0 spiro atoms. The van der Waals surface area contributed by atoms with Gasteiger partial charge < -0.3 is 24.5 Å². The predicted octanol–water partition coefficient (Wildman–Crippen LogP) is 4.60. The van der Waals surface area contributed by atoms with E-state index in [1.807, 2.05) is 18.2 Å². The van der Waals surface area contributed by atoms with Gasteiger partial charge in [-0.3, -0.25) is 9.78 Å². The van der Waals surface area contributed by atoms with Gasteiger partial charge in [0.15, 0.2) is 6.29 Å². The highest BCUT2D eigenvalue weighted by atomic mass is 16.7. The Bertz CT molecular complexity index is 1030. The lowest BCUT2D eigenvalue weighted by Crippen LogP contribution is -2.24. The average Bonchev–Trinajstić information content (AvgIpc) is 3.28.